The molecule has 0 unspecified atom stereocenters. The lowest BCUT2D eigenvalue weighted by molar-refractivity contribution is 0.803. The van der Waals surface area contributed by atoms with Crippen LogP contribution in [0.1, 0.15) is 31.9 Å². The summed E-state index contributed by atoms with van der Waals surface area (Å²) in [6.07, 6.45) is 3.05. The Kier molecular flexibility index (Phi) is 5.72. The van der Waals surface area contributed by atoms with Crippen LogP contribution >= 0.6 is 15.9 Å². The largest absolute Gasteiger partial charge is 0.367 e. The van der Waals surface area contributed by atoms with Gasteiger partial charge in [0.25, 0.3) is 0 Å². The summed E-state index contributed by atoms with van der Waals surface area (Å²) < 4.78 is 1.10. The molecule has 1 aromatic carbocycles. The van der Waals surface area contributed by atoms with E-state index in [1.165, 1.54) is 5.69 Å². The second-order valence-corrected chi connectivity index (χ2v) is 5.09. The summed E-state index contributed by atoms with van der Waals surface area (Å²) in [7, 11) is 0. The third-order valence-electron chi connectivity index (χ3n) is 2.68. The van der Waals surface area contributed by atoms with Crippen molar-refractivity contribution >= 4 is 21.6 Å². The number of anilines is 1. The quantitative estimate of drug-likeness (QED) is 0.808. The monoisotopic (exact) mass is 296 g/mol. The van der Waals surface area contributed by atoms with Gasteiger partial charge in [0.05, 0.1) is 5.69 Å². The average Bonchev–Trinajstić information content (AvgIpc) is 2.28. The maximum atomic E-state index is 5.88. The minimum atomic E-state index is 0.0689. The minimum Gasteiger partial charge on any atom is -0.367 e. The smallest absolute Gasteiger partial charge is 0.0513 e. The molecule has 0 spiro atoms. The highest BCUT2D eigenvalue weighted by Gasteiger charge is 2.09. The van der Waals surface area contributed by atoms with Crippen molar-refractivity contribution in [3.05, 3.63) is 40.9 Å². The lowest BCUT2D eigenvalue weighted by Gasteiger charge is -2.24. The number of hydrogen-bond acceptors (Lipinski definition) is 2. The molecule has 0 fully saturated rings. The third-order valence-corrected chi connectivity index (χ3v) is 3.32. The molecule has 0 aliphatic carbocycles. The molecule has 0 heterocycles. The first-order chi connectivity index (χ1) is 8.10. The molecule has 0 aromatic heterocycles. The number of rotatable bonds is 6. The zero-order valence-electron chi connectivity index (χ0n) is 10.6. The summed E-state index contributed by atoms with van der Waals surface area (Å²) in [6, 6.07) is 6.39. The van der Waals surface area contributed by atoms with E-state index >= 15 is 0 Å². The molecule has 0 aliphatic rings. The molecule has 17 heavy (non-hydrogen) atoms. The van der Waals surface area contributed by atoms with Crippen molar-refractivity contribution in [2.45, 2.75) is 26.3 Å². The first-order valence-corrected chi connectivity index (χ1v) is 6.80. The predicted molar refractivity (Wildman–Crippen MR) is 79.4 cm³/mol. The summed E-state index contributed by atoms with van der Waals surface area (Å²) in [5.74, 6) is 0. The van der Waals surface area contributed by atoms with Crippen LogP contribution in [0.5, 0.6) is 0 Å². The number of nitrogens with zero attached hydrogens (tertiary/aromatic N) is 1. The molecule has 94 valence electrons. The van der Waals surface area contributed by atoms with Gasteiger partial charge in [-0.2, -0.15) is 0 Å². The van der Waals surface area contributed by atoms with Gasteiger partial charge in [-0.15, -0.1) is 6.58 Å². The van der Waals surface area contributed by atoms with E-state index in [9.17, 15) is 0 Å². The van der Waals surface area contributed by atoms with Crippen molar-refractivity contribution in [2.75, 3.05) is 18.0 Å². The second kappa shape index (κ2) is 6.82. The van der Waals surface area contributed by atoms with Crippen LogP contribution in [-0.2, 0) is 0 Å². The maximum absolute atomic E-state index is 5.88. The molecular formula is C14H21BrN2. The van der Waals surface area contributed by atoms with E-state index in [4.69, 9.17) is 5.73 Å². The minimum absolute atomic E-state index is 0.0689. The number of halogens is 1. The summed E-state index contributed by atoms with van der Waals surface area (Å²) in [4.78, 5) is 2.31. The second-order valence-electron chi connectivity index (χ2n) is 4.23. The fourth-order valence-electron chi connectivity index (χ4n) is 1.80. The van der Waals surface area contributed by atoms with Crippen LogP contribution in [0, 0.1) is 0 Å². The van der Waals surface area contributed by atoms with Gasteiger partial charge >= 0.3 is 0 Å². The molecule has 0 radical (unpaired) electrons. The first-order valence-electron chi connectivity index (χ1n) is 6.01. The topological polar surface area (TPSA) is 29.3 Å². The van der Waals surface area contributed by atoms with Gasteiger partial charge in [-0.25, -0.2) is 0 Å². The first kappa shape index (κ1) is 14.3. The zero-order valence-corrected chi connectivity index (χ0v) is 12.2. The van der Waals surface area contributed by atoms with Gasteiger partial charge in [0, 0.05) is 23.6 Å². The van der Waals surface area contributed by atoms with Crippen molar-refractivity contribution in [3.63, 3.8) is 0 Å². The Bertz CT molecular complexity index is 374. The highest BCUT2D eigenvalue weighted by molar-refractivity contribution is 9.10. The predicted octanol–water partition coefficient (Wildman–Crippen LogP) is 3.87. The number of nitrogens with two attached hydrogens (primary N) is 1. The Morgan fingerprint density at radius 2 is 2.24 bits per heavy atom. The summed E-state index contributed by atoms with van der Waals surface area (Å²) in [5.41, 5.74) is 8.23. The Labute approximate surface area is 113 Å². The number of benzene rings is 1. The highest BCUT2D eigenvalue weighted by Crippen LogP contribution is 2.29. The standard InChI is InChI=1S/C14H21BrN2/c1-4-8-17(9-5-2)14-7-6-12(11(3)16)10-13(14)15/h4,6-7,10-11H,1,5,8-9,16H2,2-3H3/t11-/m1/s1. The van der Waals surface area contributed by atoms with Crippen LogP contribution < -0.4 is 10.6 Å². The molecular weight excluding hydrogens is 276 g/mol. The third kappa shape index (κ3) is 3.86. The van der Waals surface area contributed by atoms with Gasteiger partial charge in [0.15, 0.2) is 0 Å². The molecule has 3 heteroatoms. The van der Waals surface area contributed by atoms with Gasteiger partial charge in [0.1, 0.15) is 0 Å². The molecule has 1 atom stereocenters. The van der Waals surface area contributed by atoms with Crippen LogP contribution in [-0.4, -0.2) is 13.1 Å². The van der Waals surface area contributed by atoms with Crippen LogP contribution in [0.2, 0.25) is 0 Å². The SMILES string of the molecule is C=CCN(CCC)c1ccc([C@@H](C)N)cc1Br. The van der Waals surface area contributed by atoms with Gasteiger partial charge < -0.3 is 10.6 Å². The Hall–Kier alpha value is -0.800. The van der Waals surface area contributed by atoms with Crippen molar-refractivity contribution in [1.82, 2.24) is 0 Å². The molecule has 0 aliphatic heterocycles. The maximum Gasteiger partial charge on any atom is 0.0513 e. The summed E-state index contributed by atoms with van der Waals surface area (Å²) in [5, 5.41) is 0. The lowest BCUT2D eigenvalue weighted by atomic mass is 10.1. The van der Waals surface area contributed by atoms with Gasteiger partial charge in [0.2, 0.25) is 0 Å². The average molecular weight is 297 g/mol. The van der Waals surface area contributed by atoms with Crippen molar-refractivity contribution in [1.29, 1.82) is 0 Å². The van der Waals surface area contributed by atoms with Crippen LogP contribution in [0.3, 0.4) is 0 Å². The van der Waals surface area contributed by atoms with E-state index in [2.05, 4.69) is 52.5 Å². The lowest BCUT2D eigenvalue weighted by Crippen LogP contribution is -2.24. The molecule has 2 N–H and O–H groups in total. The molecule has 1 aromatic rings. The van der Waals surface area contributed by atoms with E-state index < -0.39 is 0 Å². The molecule has 0 bridgehead atoms. The normalized spacial score (nSPS) is 12.2. The highest BCUT2D eigenvalue weighted by atomic mass is 79.9. The van der Waals surface area contributed by atoms with E-state index in [1.807, 2.05) is 13.0 Å². The Morgan fingerprint density at radius 3 is 2.71 bits per heavy atom. The molecule has 0 saturated heterocycles. The van der Waals surface area contributed by atoms with E-state index in [-0.39, 0.29) is 6.04 Å². The Balaban J connectivity index is 2.99. The van der Waals surface area contributed by atoms with Crippen molar-refractivity contribution in [2.24, 2.45) is 5.73 Å². The summed E-state index contributed by atoms with van der Waals surface area (Å²) >= 11 is 3.62. The molecule has 0 amide bonds. The van der Waals surface area contributed by atoms with Crippen LogP contribution in [0.25, 0.3) is 0 Å². The molecule has 2 nitrogen and oxygen atoms in total. The summed E-state index contributed by atoms with van der Waals surface area (Å²) in [6.45, 7) is 9.88. The van der Waals surface area contributed by atoms with Crippen molar-refractivity contribution in [3.8, 4) is 0 Å². The fraction of sp³-hybridized carbons (Fsp3) is 0.429. The molecule has 1 rings (SSSR count). The fourth-order valence-corrected chi connectivity index (χ4v) is 2.45. The van der Waals surface area contributed by atoms with Gasteiger partial charge in [-0.1, -0.05) is 19.1 Å². The zero-order chi connectivity index (χ0) is 12.8. The van der Waals surface area contributed by atoms with Crippen LogP contribution in [0.15, 0.2) is 35.3 Å². The van der Waals surface area contributed by atoms with E-state index in [0.29, 0.717) is 0 Å². The van der Waals surface area contributed by atoms with Gasteiger partial charge in [-0.3, -0.25) is 0 Å². The van der Waals surface area contributed by atoms with E-state index in [0.717, 1.165) is 29.5 Å². The Morgan fingerprint density at radius 1 is 1.53 bits per heavy atom. The van der Waals surface area contributed by atoms with Crippen molar-refractivity contribution < 1.29 is 0 Å². The van der Waals surface area contributed by atoms with Gasteiger partial charge in [-0.05, 0) is 47.0 Å². The number of hydrogen-bond donors (Lipinski definition) is 1. The molecule has 0 saturated carbocycles. The van der Waals surface area contributed by atoms with E-state index in [1.54, 1.807) is 0 Å². The van der Waals surface area contributed by atoms with Crippen LogP contribution in [0.4, 0.5) is 5.69 Å².